The number of thioether (sulfide) groups is 1. The Kier molecular flexibility index (Phi) is 113. The highest BCUT2D eigenvalue weighted by atomic mass is 32.2. The first-order valence-electron chi connectivity index (χ1n) is 50.7. The summed E-state index contributed by atoms with van der Waals surface area (Å²) in [6.45, 7) is 120. The average Bonchev–Trinajstić information content (AvgIpc) is 0.869. The number of methoxy groups -OCH3 is 1. The Hall–Kier alpha value is -2.90. The third-order valence-corrected chi connectivity index (χ3v) is 25.4. The van der Waals surface area contributed by atoms with Crippen molar-refractivity contribution in [2.75, 3.05) is 35.3 Å². The van der Waals surface area contributed by atoms with Gasteiger partial charge in [0.1, 0.15) is 12.0 Å². The fourth-order valence-corrected chi connectivity index (χ4v) is 16.3. The molecule has 0 heterocycles. The van der Waals surface area contributed by atoms with Gasteiger partial charge in [0.25, 0.3) is 5.92 Å². The van der Waals surface area contributed by atoms with E-state index in [1.165, 1.54) is 7.11 Å². The minimum atomic E-state index is -2.81. The highest BCUT2D eigenvalue weighted by Crippen LogP contribution is 2.32. The molecular formula is C109H236F3N3O15S3. The summed E-state index contributed by atoms with van der Waals surface area (Å²) in [5, 5.41) is 19.7. The first kappa shape index (κ1) is 164. The lowest BCUT2D eigenvalue weighted by atomic mass is 9.86. The molecule has 0 radical (unpaired) electrons. The number of carbonyl (C=O) groups excluding carboxylic acids is 5. The summed E-state index contributed by atoms with van der Waals surface area (Å²) in [4.78, 5) is 71.7. The lowest BCUT2D eigenvalue weighted by Gasteiger charge is -2.33. The molecule has 0 spiro atoms. The molecule has 0 aromatic carbocycles. The number of hydrogen-bond donors (Lipinski definition) is 2. The predicted octanol–water partition coefficient (Wildman–Crippen LogP) is 29.6. The molecule has 816 valence electrons. The number of halogens is 3. The number of hydrogen-bond acceptors (Lipinski definition) is 17. The number of nitrogens with zero attached hydrogens (tertiary/aromatic N) is 3. The van der Waals surface area contributed by atoms with Crippen LogP contribution in [0.3, 0.4) is 0 Å². The van der Waals surface area contributed by atoms with Gasteiger partial charge in [-0.05, 0) is 213 Å². The minimum Gasteiger partial charge on any atom is -0.481 e. The van der Waals surface area contributed by atoms with Crippen LogP contribution in [-0.2, 0) is 68.4 Å². The number of aliphatic hydroxyl groups is 1. The second kappa shape index (κ2) is 91.6. The van der Waals surface area contributed by atoms with E-state index >= 15 is 0 Å². The van der Waals surface area contributed by atoms with Gasteiger partial charge >= 0.3 is 23.9 Å². The van der Waals surface area contributed by atoms with Gasteiger partial charge in [-0.25, -0.2) is 21.6 Å². The third-order valence-electron chi connectivity index (χ3n) is 19.8. The number of aliphatic carboxylic acids is 1. The van der Waals surface area contributed by atoms with Gasteiger partial charge in [0.2, 0.25) is 5.91 Å². The molecule has 0 aliphatic heterocycles. The Morgan fingerprint density at radius 2 is 0.624 bits per heavy atom. The Morgan fingerprint density at radius 1 is 0.368 bits per heavy atom. The predicted molar refractivity (Wildman–Crippen MR) is 582 cm³/mol. The summed E-state index contributed by atoms with van der Waals surface area (Å²) in [5.41, 5.74) is 0. The van der Waals surface area contributed by atoms with E-state index in [1.807, 2.05) is 273 Å². The average molecular weight is 1980 g/mol. The molecule has 0 aliphatic rings. The van der Waals surface area contributed by atoms with Crippen molar-refractivity contribution in [1.29, 1.82) is 0 Å². The summed E-state index contributed by atoms with van der Waals surface area (Å²) < 4.78 is 90.7. The van der Waals surface area contributed by atoms with Crippen molar-refractivity contribution in [3.05, 3.63) is 0 Å². The quantitative estimate of drug-likeness (QED) is 0.0449. The van der Waals surface area contributed by atoms with Crippen molar-refractivity contribution < 1.29 is 83.7 Å². The fourth-order valence-electron chi connectivity index (χ4n) is 13.0. The number of sulfone groups is 1. The zero-order valence-electron chi connectivity index (χ0n) is 100. The van der Waals surface area contributed by atoms with E-state index in [9.17, 15) is 59.7 Å². The lowest BCUT2D eigenvalue weighted by molar-refractivity contribution is -0.152. The molecule has 0 aliphatic carbocycles. The molecule has 2 N–H and O–H groups in total. The van der Waals surface area contributed by atoms with Crippen LogP contribution in [-0.4, -0.2) is 207 Å². The summed E-state index contributed by atoms with van der Waals surface area (Å²) in [7, 11) is 6.35. The number of esters is 3. The van der Waals surface area contributed by atoms with E-state index in [-0.39, 0.29) is 112 Å². The molecule has 0 rings (SSSR count). The van der Waals surface area contributed by atoms with Gasteiger partial charge in [-0.2, -0.15) is 11.8 Å². The van der Waals surface area contributed by atoms with E-state index in [0.29, 0.717) is 82.1 Å². The van der Waals surface area contributed by atoms with Gasteiger partial charge in [-0.1, -0.05) is 305 Å². The second-order valence-electron chi connectivity index (χ2n) is 44.3. The van der Waals surface area contributed by atoms with Crippen molar-refractivity contribution in [2.45, 2.75) is 521 Å². The van der Waals surface area contributed by atoms with Crippen LogP contribution >= 0.6 is 11.8 Å². The maximum Gasteiger partial charge on any atom is 0.309 e. The Balaban J connectivity index is -0.0000000865. The van der Waals surface area contributed by atoms with Gasteiger partial charge in [-0.3, -0.25) is 33.0 Å². The van der Waals surface area contributed by atoms with Gasteiger partial charge < -0.3 is 43.9 Å². The zero-order chi connectivity index (χ0) is 111. The van der Waals surface area contributed by atoms with Crippen molar-refractivity contribution in [3.63, 3.8) is 0 Å². The number of rotatable bonds is 34. The van der Waals surface area contributed by atoms with Crippen LogP contribution in [0.4, 0.5) is 13.2 Å². The number of ether oxygens (including phenoxy) is 4. The molecule has 0 fully saturated rings. The Bertz CT molecular complexity index is 2560. The molecule has 0 saturated carbocycles. The Morgan fingerprint density at radius 3 is 0.647 bits per heavy atom. The molecule has 24 heteroatoms. The molecular weight excluding hydrogens is 1740 g/mol. The monoisotopic (exact) mass is 1980 g/mol. The molecule has 0 aromatic heterocycles. The standard InChI is InChI=1S/C10H21NO.C9H21N.C9H18O2.C8H16O2.C7H14F2.C7H15F.C7H17N.2C7H14O2.C7H16O.C7H14O.C6H14O2S.C6H14OS.C6H14O.C6H14S/c1-7(2)10(8(3)4)11(6)9(5)12;1-7(2)9(8(3)4)10(5)6;1-6(2)8(7(3)4)9(10)11-5;1-5(2)7(6(3)4)8(9)10;1-5(2)7(8,9)6(3)4;1-5(2)7(8)6(3)4;1-6(2)8(5)7(3)4;2*1-5(2)7(8)9-6(3)4;2*1-5(2)7(8)6(3)4;1-5(2)9(7,8)6(3)4;1-5(2)8(7)6(3)4;2*1-5(2)7-6(3)4/h7-8,10H,1-6H3;7-9H,1-6H3;6-8H,1-5H3;5-7H,1-4H3,(H,9,10);5-6H,1-4H3;5-7H,1-4H3;6-7H,1-5H3;2*5-6H,1-4H3;5-8H,1-4H3;5-6H,1-4H3;5-6H,1-4H3;5-6H,1-4H3;2*5-6H,1-4H3. The molecule has 0 atom stereocenters. The highest BCUT2D eigenvalue weighted by Gasteiger charge is 2.37. The van der Waals surface area contributed by atoms with Crippen LogP contribution in [0.5, 0.6) is 0 Å². The first-order valence-corrected chi connectivity index (χ1v) is 54.5. The summed E-state index contributed by atoms with van der Waals surface area (Å²) in [6.07, 6.45) is 0.0183. The molecule has 1 amide bonds. The number of carboxylic acids is 1. The third kappa shape index (κ3) is 108. The van der Waals surface area contributed by atoms with Crippen LogP contribution in [0, 0.1) is 118 Å². The van der Waals surface area contributed by atoms with Crippen LogP contribution < -0.4 is 0 Å². The van der Waals surface area contributed by atoms with E-state index in [1.54, 1.807) is 62.3 Å². The Labute approximate surface area is 835 Å². The summed E-state index contributed by atoms with van der Waals surface area (Å²) in [5.74, 6) is 1.07. The number of Topliss-reactive ketones (excluding diaryl/α,β-unsaturated/α-hetero) is 1. The van der Waals surface area contributed by atoms with Gasteiger partial charge in [0.05, 0.1) is 71.8 Å². The first-order chi connectivity index (χ1) is 59.2. The number of carbonyl (C=O) groups is 6. The minimum absolute atomic E-state index is 0.00704. The van der Waals surface area contributed by atoms with Gasteiger partial charge in [0, 0.05) is 83.1 Å². The summed E-state index contributed by atoms with van der Waals surface area (Å²) in [6, 6.07) is 2.44. The number of amides is 1. The van der Waals surface area contributed by atoms with Gasteiger partial charge in [0.15, 0.2) is 9.84 Å². The van der Waals surface area contributed by atoms with Crippen molar-refractivity contribution in [1.82, 2.24) is 14.7 Å². The van der Waals surface area contributed by atoms with Gasteiger partial charge in [-0.15, -0.1) is 0 Å². The SMILES string of the molecule is CC(=O)N(C)C(C(C)C)C(C)C.CC(C)C(=O)C(C)C.CC(C)C(C(=O)O)C(C)C.CC(C)C(C(C)C)N(C)C.CC(C)C(F)(F)C(C)C.CC(C)C(F)C(C)C.CC(C)C(O)C(C)C.CC(C)N(C)C(C)C.CC(C)OC(=O)C(C)C.CC(C)OC(=O)C(C)C.CC(C)OC(C)C.CC(C)S(=O)(=O)C(C)C.CC(C)S(=O)C(C)C.CC(C)SC(C)C.COC(=O)C(C(C)C)C(C)C. The van der Waals surface area contributed by atoms with Crippen LogP contribution in [0.2, 0.25) is 0 Å². The zero-order valence-corrected chi connectivity index (χ0v) is 103. The van der Waals surface area contributed by atoms with Crippen molar-refractivity contribution in [2.24, 2.45) is 118 Å². The fraction of sp³-hybridized carbons (Fsp3) is 0.945. The maximum atomic E-state index is 12.7. The van der Waals surface area contributed by atoms with Crippen LogP contribution in [0.15, 0.2) is 0 Å². The smallest absolute Gasteiger partial charge is 0.309 e. The lowest BCUT2D eigenvalue weighted by Crippen LogP contribution is -2.42. The topological polar surface area (TPSA) is 241 Å². The number of aliphatic hydroxyl groups excluding tert-OH is 1. The number of carboxylic acid groups (broad SMARTS) is 1. The van der Waals surface area contributed by atoms with Crippen molar-refractivity contribution >= 4 is 68.0 Å². The molecule has 0 unspecified atom stereocenters. The number of alkyl halides is 3. The van der Waals surface area contributed by atoms with E-state index in [4.69, 9.17) is 24.1 Å². The largest absolute Gasteiger partial charge is 0.481 e. The highest BCUT2D eigenvalue weighted by molar-refractivity contribution is 8.00. The normalized spacial score (nSPS) is 11.7. The maximum absolute atomic E-state index is 12.7. The van der Waals surface area contributed by atoms with E-state index < -0.39 is 50.5 Å². The van der Waals surface area contributed by atoms with Crippen LogP contribution in [0.25, 0.3) is 0 Å². The second-order valence-corrected chi connectivity index (χ2v) is 52.0. The molecule has 0 bridgehead atoms. The molecule has 18 nitrogen and oxygen atoms in total. The molecule has 0 aromatic rings. The molecule has 0 saturated heterocycles. The van der Waals surface area contributed by atoms with Crippen LogP contribution in [0.1, 0.15) is 422 Å². The van der Waals surface area contributed by atoms with Crippen molar-refractivity contribution in [3.8, 4) is 0 Å². The van der Waals surface area contributed by atoms with E-state index in [2.05, 4.69) is 142 Å². The van der Waals surface area contributed by atoms with E-state index in [0.717, 1.165) is 28.4 Å². The molecule has 133 heavy (non-hydrogen) atoms. The number of ketones is 1. The summed E-state index contributed by atoms with van der Waals surface area (Å²) >= 11 is 2.01.